The maximum absolute atomic E-state index is 13.8. The van der Waals surface area contributed by atoms with Crippen molar-refractivity contribution < 1.29 is 18.3 Å². The van der Waals surface area contributed by atoms with Gasteiger partial charge in [-0.2, -0.15) is 0 Å². The Morgan fingerprint density at radius 3 is 2.64 bits per heavy atom. The second-order valence-corrected chi connectivity index (χ2v) is 7.84. The summed E-state index contributed by atoms with van der Waals surface area (Å²) in [6.45, 7) is 3.47. The number of aromatic nitrogens is 2. The molecule has 0 radical (unpaired) electrons. The van der Waals surface area contributed by atoms with Crippen LogP contribution in [0.2, 0.25) is 0 Å². The second kappa shape index (κ2) is 10.3. The highest BCUT2D eigenvalue weighted by atomic mass is 19.1. The average molecular weight is 450 g/mol. The van der Waals surface area contributed by atoms with Crippen LogP contribution in [0.1, 0.15) is 17.0 Å². The largest absolute Gasteiger partial charge is 0.492 e. The van der Waals surface area contributed by atoms with Gasteiger partial charge in [-0.1, -0.05) is 35.9 Å². The minimum atomic E-state index is -0.722. The molecule has 1 aromatic heterocycles. The molecule has 33 heavy (non-hydrogen) atoms. The van der Waals surface area contributed by atoms with Crippen LogP contribution in [0.3, 0.4) is 0 Å². The fraction of sp³-hybridized carbons (Fsp3) is 0.231. The molecule has 1 heterocycles. The summed E-state index contributed by atoms with van der Waals surface area (Å²) >= 11 is 0. The first kappa shape index (κ1) is 22.5. The van der Waals surface area contributed by atoms with Crippen LogP contribution in [-0.4, -0.2) is 28.6 Å². The summed E-state index contributed by atoms with van der Waals surface area (Å²) in [4.78, 5) is 16.9. The highest BCUT2D eigenvalue weighted by Gasteiger charge is 2.12. The van der Waals surface area contributed by atoms with Crippen LogP contribution in [0.25, 0.3) is 11.0 Å². The smallest absolute Gasteiger partial charge is 0.224 e. The molecule has 1 amide bonds. The number of imidazole rings is 1. The lowest BCUT2D eigenvalue weighted by Gasteiger charge is -2.12. The summed E-state index contributed by atoms with van der Waals surface area (Å²) in [5, 5.41) is 2.80. The van der Waals surface area contributed by atoms with Crippen LogP contribution >= 0.6 is 0 Å². The molecule has 3 aromatic carbocycles. The van der Waals surface area contributed by atoms with E-state index in [-0.39, 0.29) is 17.9 Å². The zero-order valence-corrected chi connectivity index (χ0v) is 18.4. The lowest BCUT2D eigenvalue weighted by atomic mass is 10.1. The molecule has 0 atom stereocenters. The van der Waals surface area contributed by atoms with Crippen LogP contribution in [0.4, 0.5) is 8.78 Å². The van der Waals surface area contributed by atoms with Crippen molar-refractivity contribution in [2.45, 2.75) is 26.3 Å². The molecule has 0 spiro atoms. The number of aryl methyl sites for hydroxylation is 1. The Hall–Kier alpha value is -3.74. The summed E-state index contributed by atoms with van der Waals surface area (Å²) in [7, 11) is 0. The Morgan fingerprint density at radius 2 is 1.85 bits per heavy atom. The quantitative estimate of drug-likeness (QED) is 0.406. The number of fused-ring (bicyclic) bond motifs is 1. The van der Waals surface area contributed by atoms with Gasteiger partial charge in [0.25, 0.3) is 0 Å². The Morgan fingerprint density at radius 1 is 1.06 bits per heavy atom. The number of hydrogen-bond donors (Lipinski definition) is 1. The minimum Gasteiger partial charge on any atom is -0.492 e. The summed E-state index contributed by atoms with van der Waals surface area (Å²) < 4.78 is 34.8. The van der Waals surface area contributed by atoms with E-state index in [1.165, 1.54) is 11.6 Å². The number of ether oxygens (including phenoxy) is 1. The topological polar surface area (TPSA) is 56.1 Å². The predicted octanol–water partition coefficient (Wildman–Crippen LogP) is 4.60. The third-order valence-corrected chi connectivity index (χ3v) is 5.38. The summed E-state index contributed by atoms with van der Waals surface area (Å²) in [5.41, 5.74) is 3.21. The lowest BCUT2D eigenvalue weighted by Crippen LogP contribution is -2.28. The second-order valence-electron chi connectivity index (χ2n) is 7.84. The molecule has 0 fully saturated rings. The van der Waals surface area contributed by atoms with Crippen LogP contribution in [0.5, 0.6) is 5.75 Å². The van der Waals surface area contributed by atoms with Crippen LogP contribution in [0.15, 0.2) is 66.7 Å². The SMILES string of the molecule is Cc1ccc(OCCn2c(CCNC(=O)Cc3ccc(F)cc3F)nc3ccccc32)cc1. The van der Waals surface area contributed by atoms with Crippen molar-refractivity contribution in [3.05, 3.63) is 95.3 Å². The fourth-order valence-corrected chi connectivity index (χ4v) is 3.67. The summed E-state index contributed by atoms with van der Waals surface area (Å²) in [6, 6.07) is 19.0. The number of hydrogen-bond acceptors (Lipinski definition) is 3. The normalized spacial score (nSPS) is 11.0. The molecular weight excluding hydrogens is 424 g/mol. The van der Waals surface area contributed by atoms with Crippen molar-refractivity contribution in [3.63, 3.8) is 0 Å². The third kappa shape index (κ3) is 5.74. The van der Waals surface area contributed by atoms with E-state index in [2.05, 4.69) is 9.88 Å². The van der Waals surface area contributed by atoms with E-state index in [4.69, 9.17) is 9.72 Å². The standard InChI is InChI=1S/C26H25F2N3O2/c1-18-6-10-21(11-7-18)33-15-14-31-24-5-3-2-4-23(24)30-25(31)12-13-29-26(32)16-19-8-9-20(27)17-22(19)28/h2-11,17H,12-16H2,1H3,(H,29,32). The Kier molecular flexibility index (Phi) is 6.98. The number of carbonyl (C=O) groups excluding carboxylic acids is 1. The van der Waals surface area contributed by atoms with E-state index in [9.17, 15) is 13.6 Å². The molecule has 0 aliphatic carbocycles. The van der Waals surface area contributed by atoms with Gasteiger partial charge in [0.1, 0.15) is 29.8 Å². The van der Waals surface area contributed by atoms with Gasteiger partial charge < -0.3 is 14.6 Å². The van der Waals surface area contributed by atoms with Crippen molar-refractivity contribution in [1.82, 2.24) is 14.9 Å². The molecule has 170 valence electrons. The van der Waals surface area contributed by atoms with Crippen LogP contribution in [0, 0.1) is 18.6 Å². The highest BCUT2D eigenvalue weighted by molar-refractivity contribution is 5.78. The molecule has 5 nitrogen and oxygen atoms in total. The van der Waals surface area contributed by atoms with Crippen molar-refractivity contribution in [1.29, 1.82) is 0 Å². The molecule has 0 saturated heterocycles. The molecule has 0 aliphatic heterocycles. The van der Waals surface area contributed by atoms with Gasteiger partial charge in [0.05, 0.1) is 24.0 Å². The first-order valence-corrected chi connectivity index (χ1v) is 10.8. The number of nitrogens with one attached hydrogen (secondary N) is 1. The first-order valence-electron chi connectivity index (χ1n) is 10.8. The van der Waals surface area contributed by atoms with Gasteiger partial charge in [0, 0.05) is 19.0 Å². The lowest BCUT2D eigenvalue weighted by molar-refractivity contribution is -0.120. The zero-order chi connectivity index (χ0) is 23.2. The predicted molar refractivity (Wildman–Crippen MR) is 123 cm³/mol. The van der Waals surface area contributed by atoms with E-state index in [0.29, 0.717) is 26.1 Å². The zero-order valence-electron chi connectivity index (χ0n) is 18.4. The molecule has 0 aliphatic rings. The molecular formula is C26H25F2N3O2. The first-order chi connectivity index (χ1) is 16.0. The Labute approximate surface area is 191 Å². The molecule has 0 unspecified atom stereocenters. The van der Waals surface area contributed by atoms with Crippen LogP contribution in [-0.2, 0) is 24.2 Å². The van der Waals surface area contributed by atoms with Crippen molar-refractivity contribution >= 4 is 16.9 Å². The number of halogens is 2. The van der Waals surface area contributed by atoms with Gasteiger partial charge in [-0.25, -0.2) is 13.8 Å². The molecule has 1 N–H and O–H groups in total. The van der Waals surface area contributed by atoms with Crippen molar-refractivity contribution in [3.8, 4) is 5.75 Å². The van der Waals surface area contributed by atoms with E-state index >= 15 is 0 Å². The maximum atomic E-state index is 13.8. The number of nitrogens with zero attached hydrogens (tertiary/aromatic N) is 2. The highest BCUT2D eigenvalue weighted by Crippen LogP contribution is 2.17. The van der Waals surface area contributed by atoms with Gasteiger partial charge in [0.15, 0.2) is 0 Å². The molecule has 4 rings (SSSR count). The number of carbonyl (C=O) groups is 1. The Bertz CT molecular complexity index is 1250. The van der Waals surface area contributed by atoms with E-state index in [0.717, 1.165) is 34.7 Å². The van der Waals surface area contributed by atoms with E-state index in [1.54, 1.807) is 0 Å². The number of amides is 1. The van der Waals surface area contributed by atoms with Crippen LogP contribution < -0.4 is 10.1 Å². The molecule has 0 saturated carbocycles. The van der Waals surface area contributed by atoms with E-state index in [1.807, 2.05) is 55.5 Å². The minimum absolute atomic E-state index is 0.146. The number of rotatable bonds is 9. The summed E-state index contributed by atoms with van der Waals surface area (Å²) in [6.07, 6.45) is 0.365. The van der Waals surface area contributed by atoms with Gasteiger partial charge in [-0.15, -0.1) is 0 Å². The average Bonchev–Trinajstić information content (AvgIpc) is 3.14. The third-order valence-electron chi connectivity index (χ3n) is 5.38. The molecule has 0 bridgehead atoms. The van der Waals surface area contributed by atoms with Gasteiger partial charge >= 0.3 is 0 Å². The maximum Gasteiger partial charge on any atom is 0.224 e. The van der Waals surface area contributed by atoms with Gasteiger partial charge in [-0.3, -0.25) is 4.79 Å². The molecule has 7 heteroatoms. The Balaban J connectivity index is 1.37. The van der Waals surface area contributed by atoms with Gasteiger partial charge in [0.2, 0.25) is 5.91 Å². The van der Waals surface area contributed by atoms with Crippen molar-refractivity contribution in [2.75, 3.05) is 13.2 Å². The number of benzene rings is 3. The number of para-hydroxylation sites is 2. The van der Waals surface area contributed by atoms with Gasteiger partial charge in [-0.05, 0) is 42.8 Å². The molecule has 4 aromatic rings. The fourth-order valence-electron chi connectivity index (χ4n) is 3.67. The van der Waals surface area contributed by atoms with Crippen molar-refractivity contribution in [2.24, 2.45) is 0 Å². The monoisotopic (exact) mass is 449 g/mol. The van der Waals surface area contributed by atoms with E-state index < -0.39 is 11.6 Å². The summed E-state index contributed by atoms with van der Waals surface area (Å²) in [5.74, 6) is -0.0721.